The number of hydrogen-bond donors (Lipinski definition) is 3. The predicted octanol–water partition coefficient (Wildman–Crippen LogP) is 1.52. The Balaban J connectivity index is 2.79. The number of anilines is 1. The molecule has 1 aromatic carbocycles. The molecule has 0 radical (unpaired) electrons. The highest BCUT2D eigenvalue weighted by Crippen LogP contribution is 2.10. The first-order valence-corrected chi connectivity index (χ1v) is 6.32. The molecule has 0 fully saturated rings. The van der Waals surface area contributed by atoms with Crippen molar-refractivity contribution in [3.05, 3.63) is 41.6 Å². The van der Waals surface area contributed by atoms with Crippen LogP contribution in [0.1, 0.15) is 31.1 Å². The smallest absolute Gasteiger partial charge is 0.263 e. The third-order valence-corrected chi connectivity index (χ3v) is 2.41. The van der Waals surface area contributed by atoms with Gasteiger partial charge in [0.25, 0.3) is 5.91 Å². The minimum atomic E-state index is -0.514. The Morgan fingerprint density at radius 3 is 2.24 bits per heavy atom. The van der Waals surface area contributed by atoms with Crippen LogP contribution in [0.2, 0.25) is 0 Å². The highest BCUT2D eigenvalue weighted by molar-refractivity contribution is 5.98. The van der Waals surface area contributed by atoms with E-state index in [0.717, 1.165) is 0 Å². The molecule has 0 saturated carbocycles. The molecule has 2 amide bonds. The Bertz CT molecular complexity index is 604. The molecule has 1 aromatic rings. The molecule has 0 aliphatic heterocycles. The number of amides is 2. The Kier molecular flexibility index (Phi) is 5.08. The molecule has 0 unspecified atom stereocenters. The van der Waals surface area contributed by atoms with E-state index < -0.39 is 17.4 Å². The molecule has 110 valence electrons. The predicted molar refractivity (Wildman–Crippen MR) is 80.2 cm³/mol. The molecule has 0 spiro atoms. The van der Waals surface area contributed by atoms with E-state index in [1.807, 2.05) is 26.8 Å². The van der Waals surface area contributed by atoms with Crippen molar-refractivity contribution in [3.63, 3.8) is 0 Å². The topological polar surface area (TPSA) is 108 Å². The van der Waals surface area contributed by atoms with Gasteiger partial charge in [0.15, 0.2) is 0 Å². The molecule has 0 heterocycles. The van der Waals surface area contributed by atoms with Gasteiger partial charge in [0.2, 0.25) is 5.91 Å². The molecule has 0 bridgehead atoms. The number of hydrogen-bond acceptors (Lipinski definition) is 4. The lowest BCUT2D eigenvalue weighted by Gasteiger charge is -2.20. The average molecular weight is 286 g/mol. The number of benzene rings is 1. The van der Waals surface area contributed by atoms with Crippen molar-refractivity contribution in [3.8, 4) is 6.07 Å². The number of nitrogens with zero attached hydrogens (tertiary/aromatic N) is 1. The third kappa shape index (κ3) is 5.37. The van der Waals surface area contributed by atoms with Crippen LogP contribution in [0.15, 0.2) is 36.0 Å². The molecule has 1 rings (SSSR count). The zero-order valence-corrected chi connectivity index (χ0v) is 12.2. The highest BCUT2D eigenvalue weighted by atomic mass is 16.2. The molecule has 0 saturated heterocycles. The van der Waals surface area contributed by atoms with E-state index in [0.29, 0.717) is 11.3 Å². The van der Waals surface area contributed by atoms with Gasteiger partial charge in [-0.05, 0) is 45.0 Å². The van der Waals surface area contributed by atoms with Crippen molar-refractivity contribution in [1.82, 2.24) is 5.32 Å². The van der Waals surface area contributed by atoms with Crippen molar-refractivity contribution in [1.29, 1.82) is 5.26 Å². The van der Waals surface area contributed by atoms with E-state index in [-0.39, 0.29) is 5.57 Å². The first kappa shape index (κ1) is 16.2. The summed E-state index contributed by atoms with van der Waals surface area (Å²) in [6.45, 7) is 5.49. The van der Waals surface area contributed by atoms with Crippen LogP contribution in [0, 0.1) is 11.3 Å². The summed E-state index contributed by atoms with van der Waals surface area (Å²) in [6, 6.07) is 8.21. The van der Waals surface area contributed by atoms with Gasteiger partial charge in [-0.15, -0.1) is 0 Å². The zero-order valence-electron chi connectivity index (χ0n) is 12.2. The molecule has 4 N–H and O–H groups in total. The molecule has 6 heteroatoms. The SMILES string of the molecule is CC(C)(C)NC(=O)/C(C#N)=C\Nc1ccc(C(N)=O)cc1. The maximum absolute atomic E-state index is 11.9. The molecule has 0 atom stereocenters. The van der Waals surface area contributed by atoms with Crippen LogP contribution in [0.3, 0.4) is 0 Å². The Morgan fingerprint density at radius 2 is 1.81 bits per heavy atom. The number of carbonyl (C=O) groups is 2. The van der Waals surface area contributed by atoms with Crippen molar-refractivity contribution < 1.29 is 9.59 Å². The fourth-order valence-corrected chi connectivity index (χ4v) is 1.44. The number of rotatable bonds is 4. The van der Waals surface area contributed by atoms with E-state index >= 15 is 0 Å². The minimum Gasteiger partial charge on any atom is -0.366 e. The van der Waals surface area contributed by atoms with E-state index in [1.54, 1.807) is 24.3 Å². The standard InChI is InChI=1S/C15H18N4O2/c1-15(2,3)19-14(21)11(8-16)9-18-12-6-4-10(5-7-12)13(17)20/h4-7,9,18H,1-3H3,(H2,17,20)(H,19,21)/b11-9-. The van der Waals surface area contributed by atoms with Gasteiger partial charge in [-0.3, -0.25) is 9.59 Å². The third-order valence-electron chi connectivity index (χ3n) is 2.41. The molecular weight excluding hydrogens is 268 g/mol. The summed E-state index contributed by atoms with van der Waals surface area (Å²) < 4.78 is 0. The summed E-state index contributed by atoms with van der Waals surface area (Å²) in [7, 11) is 0. The molecule has 0 aliphatic carbocycles. The first-order valence-electron chi connectivity index (χ1n) is 6.32. The lowest BCUT2D eigenvalue weighted by molar-refractivity contribution is -0.118. The van der Waals surface area contributed by atoms with Gasteiger partial charge in [-0.1, -0.05) is 0 Å². The molecule has 0 aliphatic rings. The number of nitrogens with one attached hydrogen (secondary N) is 2. The molecule has 21 heavy (non-hydrogen) atoms. The molecule has 6 nitrogen and oxygen atoms in total. The Hall–Kier alpha value is -2.81. The van der Waals surface area contributed by atoms with Gasteiger partial charge in [0.1, 0.15) is 11.6 Å². The van der Waals surface area contributed by atoms with E-state index in [4.69, 9.17) is 11.0 Å². The number of carbonyl (C=O) groups excluding carboxylic acids is 2. The van der Waals surface area contributed by atoms with Crippen LogP contribution in [-0.4, -0.2) is 17.4 Å². The number of nitriles is 1. The lowest BCUT2D eigenvalue weighted by Crippen LogP contribution is -2.41. The van der Waals surface area contributed by atoms with Crippen molar-refractivity contribution in [2.45, 2.75) is 26.3 Å². The summed E-state index contributed by atoms with van der Waals surface area (Å²) >= 11 is 0. The van der Waals surface area contributed by atoms with E-state index in [1.165, 1.54) is 6.20 Å². The average Bonchev–Trinajstić information content (AvgIpc) is 2.37. The summed E-state index contributed by atoms with van der Waals surface area (Å²) in [5, 5.41) is 14.5. The largest absolute Gasteiger partial charge is 0.366 e. The monoisotopic (exact) mass is 286 g/mol. The normalized spacial score (nSPS) is 11.4. The van der Waals surface area contributed by atoms with Crippen molar-refractivity contribution in [2.24, 2.45) is 5.73 Å². The van der Waals surface area contributed by atoms with Crippen LogP contribution >= 0.6 is 0 Å². The first-order chi connectivity index (χ1) is 9.73. The minimum absolute atomic E-state index is 0.0381. The van der Waals surface area contributed by atoms with Gasteiger partial charge in [-0.25, -0.2) is 0 Å². The second-order valence-electron chi connectivity index (χ2n) is 5.46. The summed E-state index contributed by atoms with van der Waals surface area (Å²) in [5.74, 6) is -0.967. The Morgan fingerprint density at radius 1 is 1.24 bits per heavy atom. The summed E-state index contributed by atoms with van der Waals surface area (Å²) in [6.07, 6.45) is 1.32. The Labute approximate surface area is 123 Å². The van der Waals surface area contributed by atoms with E-state index in [9.17, 15) is 9.59 Å². The van der Waals surface area contributed by atoms with Crippen molar-refractivity contribution >= 4 is 17.5 Å². The molecule has 0 aromatic heterocycles. The van der Waals surface area contributed by atoms with Crippen LogP contribution < -0.4 is 16.4 Å². The number of nitrogens with two attached hydrogens (primary N) is 1. The van der Waals surface area contributed by atoms with Gasteiger partial charge in [0.05, 0.1) is 0 Å². The van der Waals surface area contributed by atoms with Gasteiger partial charge < -0.3 is 16.4 Å². The second-order valence-corrected chi connectivity index (χ2v) is 5.46. The lowest BCUT2D eigenvalue weighted by atomic mass is 10.1. The van der Waals surface area contributed by atoms with Crippen molar-refractivity contribution in [2.75, 3.05) is 5.32 Å². The molecular formula is C15H18N4O2. The quantitative estimate of drug-likeness (QED) is 0.576. The zero-order chi connectivity index (χ0) is 16.0. The highest BCUT2D eigenvalue weighted by Gasteiger charge is 2.17. The fraction of sp³-hybridized carbons (Fsp3) is 0.267. The van der Waals surface area contributed by atoms with Crippen LogP contribution in [0.25, 0.3) is 0 Å². The van der Waals surface area contributed by atoms with E-state index in [2.05, 4.69) is 10.6 Å². The maximum Gasteiger partial charge on any atom is 0.263 e. The van der Waals surface area contributed by atoms with Gasteiger partial charge in [-0.2, -0.15) is 5.26 Å². The maximum atomic E-state index is 11.9. The van der Waals surface area contributed by atoms with Gasteiger partial charge >= 0.3 is 0 Å². The second kappa shape index (κ2) is 6.57. The summed E-state index contributed by atoms with van der Waals surface area (Å²) in [4.78, 5) is 22.8. The van der Waals surface area contributed by atoms with Gasteiger partial charge in [0, 0.05) is 23.0 Å². The number of primary amides is 1. The summed E-state index contributed by atoms with van der Waals surface area (Å²) in [5.41, 5.74) is 5.70. The van der Waals surface area contributed by atoms with Crippen LogP contribution in [-0.2, 0) is 4.79 Å². The fourth-order valence-electron chi connectivity index (χ4n) is 1.44. The van der Waals surface area contributed by atoms with Crippen LogP contribution in [0.4, 0.5) is 5.69 Å². The van der Waals surface area contributed by atoms with Crippen LogP contribution in [0.5, 0.6) is 0 Å².